The van der Waals surface area contributed by atoms with Crippen LogP contribution in [0, 0.1) is 6.92 Å². The van der Waals surface area contributed by atoms with Gasteiger partial charge < -0.3 is 10.2 Å². The fourth-order valence-electron chi connectivity index (χ4n) is 2.27. The number of fused-ring (bicyclic) bond motifs is 1. The molecule has 3 heteroatoms. The molecular formula is C16H14BrNO. The summed E-state index contributed by atoms with van der Waals surface area (Å²) in [5.74, 6) is 0.794. The van der Waals surface area contributed by atoms with Crippen molar-refractivity contribution in [2.75, 3.05) is 0 Å². The van der Waals surface area contributed by atoms with Crippen molar-refractivity contribution >= 4 is 26.9 Å². The SMILES string of the molecule is Cc1c(Br)cccc1C(N)c1cc2ccccc2o1. The van der Waals surface area contributed by atoms with Crippen LogP contribution in [0.2, 0.25) is 0 Å². The fraction of sp³-hybridized carbons (Fsp3) is 0.125. The number of hydrogen-bond donors (Lipinski definition) is 1. The first-order valence-electron chi connectivity index (χ1n) is 6.16. The van der Waals surface area contributed by atoms with Gasteiger partial charge in [-0.05, 0) is 36.2 Å². The third kappa shape index (κ3) is 2.20. The van der Waals surface area contributed by atoms with Gasteiger partial charge in [-0.25, -0.2) is 0 Å². The zero-order valence-corrected chi connectivity index (χ0v) is 12.1. The van der Waals surface area contributed by atoms with Crippen LogP contribution in [0.25, 0.3) is 11.0 Å². The van der Waals surface area contributed by atoms with E-state index in [0.29, 0.717) is 0 Å². The quantitative estimate of drug-likeness (QED) is 0.753. The molecule has 0 aliphatic heterocycles. The van der Waals surface area contributed by atoms with Gasteiger partial charge in [0.05, 0.1) is 6.04 Å². The van der Waals surface area contributed by atoms with E-state index in [2.05, 4.69) is 22.9 Å². The van der Waals surface area contributed by atoms with E-state index in [1.165, 1.54) is 0 Å². The van der Waals surface area contributed by atoms with E-state index >= 15 is 0 Å². The van der Waals surface area contributed by atoms with Crippen molar-refractivity contribution < 1.29 is 4.42 Å². The summed E-state index contributed by atoms with van der Waals surface area (Å²) in [7, 11) is 0. The second-order valence-electron chi connectivity index (χ2n) is 4.62. The maximum absolute atomic E-state index is 6.34. The predicted octanol–water partition coefficient (Wildman–Crippen LogP) is 4.55. The van der Waals surface area contributed by atoms with E-state index in [9.17, 15) is 0 Å². The molecule has 0 aliphatic rings. The molecule has 96 valence electrons. The van der Waals surface area contributed by atoms with Crippen molar-refractivity contribution in [3.8, 4) is 0 Å². The van der Waals surface area contributed by atoms with Crippen molar-refractivity contribution in [3.63, 3.8) is 0 Å². The van der Waals surface area contributed by atoms with E-state index in [1.54, 1.807) is 0 Å². The van der Waals surface area contributed by atoms with Gasteiger partial charge in [-0.3, -0.25) is 0 Å². The number of furan rings is 1. The van der Waals surface area contributed by atoms with Gasteiger partial charge in [-0.15, -0.1) is 0 Å². The number of nitrogens with two attached hydrogens (primary N) is 1. The Labute approximate surface area is 120 Å². The number of hydrogen-bond acceptors (Lipinski definition) is 2. The van der Waals surface area contributed by atoms with E-state index in [4.69, 9.17) is 10.2 Å². The molecule has 1 atom stereocenters. The van der Waals surface area contributed by atoms with E-state index in [-0.39, 0.29) is 6.04 Å². The van der Waals surface area contributed by atoms with Crippen LogP contribution in [0.5, 0.6) is 0 Å². The van der Waals surface area contributed by atoms with Crippen LogP contribution in [0.1, 0.15) is 22.9 Å². The molecule has 0 saturated carbocycles. The van der Waals surface area contributed by atoms with Crippen molar-refractivity contribution in [3.05, 3.63) is 69.9 Å². The van der Waals surface area contributed by atoms with Gasteiger partial charge in [0.25, 0.3) is 0 Å². The lowest BCUT2D eigenvalue weighted by atomic mass is 10.00. The third-order valence-corrected chi connectivity index (χ3v) is 4.25. The Balaban J connectivity index is 2.08. The molecule has 0 fully saturated rings. The van der Waals surface area contributed by atoms with E-state index in [0.717, 1.165) is 32.3 Å². The Morgan fingerprint density at radius 1 is 1.11 bits per heavy atom. The Kier molecular flexibility index (Phi) is 3.17. The summed E-state index contributed by atoms with van der Waals surface area (Å²) >= 11 is 3.54. The van der Waals surface area contributed by atoms with Crippen LogP contribution < -0.4 is 5.73 Å². The molecule has 0 aliphatic carbocycles. The van der Waals surface area contributed by atoms with Gasteiger partial charge in [0.15, 0.2) is 0 Å². The summed E-state index contributed by atoms with van der Waals surface area (Å²) < 4.78 is 6.91. The Morgan fingerprint density at radius 2 is 1.89 bits per heavy atom. The smallest absolute Gasteiger partial charge is 0.134 e. The minimum atomic E-state index is -0.245. The first kappa shape index (κ1) is 12.5. The minimum absolute atomic E-state index is 0.245. The van der Waals surface area contributed by atoms with Gasteiger partial charge in [-0.1, -0.05) is 46.3 Å². The monoisotopic (exact) mass is 315 g/mol. The highest BCUT2D eigenvalue weighted by Crippen LogP contribution is 2.30. The molecule has 0 amide bonds. The van der Waals surface area contributed by atoms with Crippen LogP contribution in [0.4, 0.5) is 0 Å². The Hall–Kier alpha value is -1.58. The van der Waals surface area contributed by atoms with E-state index in [1.807, 2.05) is 48.5 Å². The van der Waals surface area contributed by atoms with E-state index < -0.39 is 0 Å². The first-order chi connectivity index (χ1) is 9.16. The highest BCUT2D eigenvalue weighted by Gasteiger charge is 2.16. The molecule has 0 saturated heterocycles. The molecule has 3 aromatic rings. The molecule has 0 spiro atoms. The maximum Gasteiger partial charge on any atom is 0.134 e. The topological polar surface area (TPSA) is 39.2 Å². The van der Waals surface area contributed by atoms with Gasteiger partial charge >= 0.3 is 0 Å². The summed E-state index contributed by atoms with van der Waals surface area (Å²) in [6, 6.07) is 15.8. The average molecular weight is 316 g/mol. The van der Waals surface area contributed by atoms with Crippen molar-refractivity contribution in [1.29, 1.82) is 0 Å². The molecule has 19 heavy (non-hydrogen) atoms. The van der Waals surface area contributed by atoms with Gasteiger partial charge in [0.1, 0.15) is 11.3 Å². The molecular weight excluding hydrogens is 302 g/mol. The molecule has 2 aromatic carbocycles. The Bertz CT molecular complexity index is 699. The summed E-state index contributed by atoms with van der Waals surface area (Å²) in [5.41, 5.74) is 9.44. The highest BCUT2D eigenvalue weighted by atomic mass is 79.9. The fourth-order valence-corrected chi connectivity index (χ4v) is 2.65. The number of halogens is 1. The molecule has 0 radical (unpaired) electrons. The molecule has 2 nitrogen and oxygen atoms in total. The maximum atomic E-state index is 6.34. The standard InChI is InChI=1S/C16H14BrNO/c1-10-12(6-4-7-13(10)17)16(18)15-9-11-5-2-3-8-14(11)19-15/h2-9,16H,18H2,1H3. The second kappa shape index (κ2) is 4.83. The number of para-hydroxylation sites is 1. The van der Waals surface area contributed by atoms with Crippen LogP contribution in [0.15, 0.2) is 57.4 Å². The summed E-state index contributed by atoms with van der Waals surface area (Å²) in [6.45, 7) is 2.06. The van der Waals surface area contributed by atoms with Gasteiger partial charge in [0, 0.05) is 9.86 Å². The largest absolute Gasteiger partial charge is 0.459 e. The molecule has 1 aromatic heterocycles. The average Bonchev–Trinajstić information content (AvgIpc) is 2.85. The summed E-state index contributed by atoms with van der Waals surface area (Å²) in [6.07, 6.45) is 0. The zero-order valence-electron chi connectivity index (χ0n) is 10.6. The van der Waals surface area contributed by atoms with Crippen molar-refractivity contribution in [2.45, 2.75) is 13.0 Å². The van der Waals surface area contributed by atoms with Crippen LogP contribution in [-0.4, -0.2) is 0 Å². The molecule has 1 heterocycles. The lowest BCUT2D eigenvalue weighted by molar-refractivity contribution is 0.524. The molecule has 0 bridgehead atoms. The number of benzene rings is 2. The van der Waals surface area contributed by atoms with Gasteiger partial charge in [0.2, 0.25) is 0 Å². The van der Waals surface area contributed by atoms with Crippen LogP contribution >= 0.6 is 15.9 Å². The van der Waals surface area contributed by atoms with Gasteiger partial charge in [-0.2, -0.15) is 0 Å². The van der Waals surface area contributed by atoms with Crippen molar-refractivity contribution in [2.24, 2.45) is 5.73 Å². The molecule has 1 unspecified atom stereocenters. The lowest BCUT2D eigenvalue weighted by Gasteiger charge is -2.13. The number of rotatable bonds is 2. The summed E-state index contributed by atoms with van der Waals surface area (Å²) in [4.78, 5) is 0. The summed E-state index contributed by atoms with van der Waals surface area (Å²) in [5, 5.41) is 1.08. The van der Waals surface area contributed by atoms with Crippen LogP contribution in [-0.2, 0) is 0 Å². The molecule has 2 N–H and O–H groups in total. The second-order valence-corrected chi connectivity index (χ2v) is 5.47. The highest BCUT2D eigenvalue weighted by molar-refractivity contribution is 9.10. The zero-order chi connectivity index (χ0) is 13.4. The van der Waals surface area contributed by atoms with Crippen LogP contribution in [0.3, 0.4) is 0 Å². The molecule has 3 rings (SSSR count). The third-order valence-electron chi connectivity index (χ3n) is 3.40. The Morgan fingerprint density at radius 3 is 2.68 bits per heavy atom. The van der Waals surface area contributed by atoms with Crippen molar-refractivity contribution in [1.82, 2.24) is 0 Å². The normalized spacial score (nSPS) is 12.8. The predicted molar refractivity (Wildman–Crippen MR) is 81.1 cm³/mol. The lowest BCUT2D eigenvalue weighted by Crippen LogP contribution is -2.12. The minimum Gasteiger partial charge on any atom is -0.459 e. The first-order valence-corrected chi connectivity index (χ1v) is 6.95.